The summed E-state index contributed by atoms with van der Waals surface area (Å²) in [6.07, 6.45) is 1.55. The van der Waals surface area contributed by atoms with E-state index in [0.29, 0.717) is 22.7 Å². The van der Waals surface area contributed by atoms with Gasteiger partial charge in [-0.3, -0.25) is 9.59 Å². The highest BCUT2D eigenvalue weighted by molar-refractivity contribution is 8.00. The number of nitrogens with one attached hydrogen (secondary N) is 2. The molecule has 0 fully saturated rings. The van der Waals surface area contributed by atoms with Gasteiger partial charge in [0.05, 0.1) is 18.6 Å². The monoisotopic (exact) mass is 455 g/mol. The molecule has 0 aliphatic rings. The first-order valence-electron chi connectivity index (χ1n) is 9.69. The van der Waals surface area contributed by atoms with E-state index in [1.165, 1.54) is 30.0 Å². The minimum atomic E-state index is -0.415. The average molecular weight is 456 g/mol. The van der Waals surface area contributed by atoms with Gasteiger partial charge >= 0.3 is 0 Å². The predicted molar refractivity (Wildman–Crippen MR) is 122 cm³/mol. The van der Waals surface area contributed by atoms with Crippen LogP contribution in [0.4, 0.5) is 10.1 Å². The minimum Gasteiger partial charge on any atom is -0.497 e. The van der Waals surface area contributed by atoms with Gasteiger partial charge in [-0.25, -0.2) is 9.37 Å². The highest BCUT2D eigenvalue weighted by Crippen LogP contribution is 2.23. The van der Waals surface area contributed by atoms with Crippen LogP contribution in [0, 0.1) is 5.82 Å². The lowest BCUT2D eigenvalue weighted by molar-refractivity contribution is -0.118. The van der Waals surface area contributed by atoms with E-state index in [9.17, 15) is 14.0 Å². The Morgan fingerprint density at radius 2 is 1.78 bits per heavy atom. The number of hydrogen-bond donors (Lipinski definition) is 2. The molecular weight excluding hydrogens is 433 g/mol. The molecule has 3 rings (SSSR count). The Hall–Kier alpha value is -3.59. The second-order valence-electron chi connectivity index (χ2n) is 6.57. The molecule has 3 aromatic rings. The van der Waals surface area contributed by atoms with Gasteiger partial charge in [0.25, 0.3) is 0 Å². The first-order valence-corrected chi connectivity index (χ1v) is 10.8. The highest BCUT2D eigenvalue weighted by Gasteiger charge is 2.10. The molecule has 0 saturated carbocycles. The summed E-state index contributed by atoms with van der Waals surface area (Å²) in [5.74, 6) is 0.711. The number of benzene rings is 2. The number of aromatic nitrogens is 1. The van der Waals surface area contributed by atoms with Gasteiger partial charge in [0.15, 0.2) is 0 Å². The number of methoxy groups -OCH3 is 1. The molecule has 2 aromatic carbocycles. The van der Waals surface area contributed by atoms with Crippen LogP contribution in [-0.4, -0.2) is 35.4 Å². The van der Waals surface area contributed by atoms with Crippen molar-refractivity contribution in [2.45, 2.75) is 6.54 Å². The van der Waals surface area contributed by atoms with Crippen LogP contribution >= 0.6 is 11.8 Å². The molecule has 0 unspecified atom stereocenters. The first-order chi connectivity index (χ1) is 15.5. The van der Waals surface area contributed by atoms with E-state index in [1.54, 1.807) is 55.8 Å². The quantitative estimate of drug-likeness (QED) is 0.480. The maximum absolute atomic E-state index is 13.4. The van der Waals surface area contributed by atoms with Crippen LogP contribution in [0.5, 0.6) is 17.4 Å². The van der Waals surface area contributed by atoms with Crippen molar-refractivity contribution in [3.8, 4) is 17.4 Å². The number of anilines is 1. The summed E-state index contributed by atoms with van der Waals surface area (Å²) in [4.78, 5) is 28.3. The molecule has 9 heteroatoms. The van der Waals surface area contributed by atoms with Crippen LogP contribution in [0.15, 0.2) is 66.9 Å². The van der Waals surface area contributed by atoms with Crippen LogP contribution in [-0.2, 0) is 16.1 Å². The first kappa shape index (κ1) is 23.1. The summed E-state index contributed by atoms with van der Waals surface area (Å²) in [7, 11) is 1.57. The zero-order valence-corrected chi connectivity index (χ0v) is 18.2. The van der Waals surface area contributed by atoms with Crippen molar-refractivity contribution in [2.75, 3.05) is 23.9 Å². The number of ether oxygens (including phenoxy) is 2. The molecule has 2 N–H and O–H groups in total. The van der Waals surface area contributed by atoms with Gasteiger partial charge in [-0.2, -0.15) is 0 Å². The zero-order chi connectivity index (χ0) is 22.8. The fourth-order valence-corrected chi connectivity index (χ4v) is 3.29. The number of thioether (sulfide) groups is 1. The van der Waals surface area contributed by atoms with Crippen molar-refractivity contribution in [3.63, 3.8) is 0 Å². The molecule has 7 nitrogen and oxygen atoms in total. The lowest BCUT2D eigenvalue weighted by Crippen LogP contribution is -2.26. The summed E-state index contributed by atoms with van der Waals surface area (Å²) >= 11 is 1.20. The molecule has 0 atom stereocenters. The van der Waals surface area contributed by atoms with Gasteiger partial charge in [-0.05, 0) is 42.5 Å². The molecule has 0 radical (unpaired) electrons. The Morgan fingerprint density at radius 1 is 1.00 bits per heavy atom. The standard InChI is InChI=1S/C23H22FN3O4S/c1-30-19-9-7-18(8-10-19)27-22(29)15-32-14-21(28)26-13-16-4-3-11-25-23(16)31-20-6-2-5-17(24)12-20/h2-12H,13-15H2,1H3,(H,26,28)(H,27,29). The van der Waals surface area contributed by atoms with Crippen LogP contribution in [0.1, 0.15) is 5.56 Å². The normalized spacial score (nSPS) is 10.3. The number of pyridine rings is 1. The molecule has 1 heterocycles. The summed E-state index contributed by atoms with van der Waals surface area (Å²) in [6, 6.07) is 16.2. The second-order valence-corrected chi connectivity index (χ2v) is 7.56. The van der Waals surface area contributed by atoms with Crippen molar-refractivity contribution in [1.82, 2.24) is 10.3 Å². The fraction of sp³-hybridized carbons (Fsp3) is 0.174. The number of amides is 2. The van der Waals surface area contributed by atoms with Crippen LogP contribution in [0.3, 0.4) is 0 Å². The van der Waals surface area contributed by atoms with Crippen LogP contribution < -0.4 is 20.1 Å². The molecule has 0 bridgehead atoms. The number of rotatable bonds is 10. The van der Waals surface area contributed by atoms with Crippen LogP contribution in [0.25, 0.3) is 0 Å². The molecule has 32 heavy (non-hydrogen) atoms. The van der Waals surface area contributed by atoms with Crippen molar-refractivity contribution >= 4 is 29.3 Å². The molecule has 0 aliphatic heterocycles. The van der Waals surface area contributed by atoms with E-state index in [-0.39, 0.29) is 35.7 Å². The van der Waals surface area contributed by atoms with Crippen molar-refractivity contribution < 1.29 is 23.5 Å². The third-order valence-corrected chi connectivity index (χ3v) is 5.11. The maximum Gasteiger partial charge on any atom is 0.234 e. The fourth-order valence-electron chi connectivity index (χ4n) is 2.65. The number of hydrogen-bond acceptors (Lipinski definition) is 6. The van der Waals surface area contributed by atoms with E-state index in [2.05, 4.69) is 15.6 Å². The zero-order valence-electron chi connectivity index (χ0n) is 17.3. The van der Waals surface area contributed by atoms with Gasteiger partial charge in [0.1, 0.15) is 17.3 Å². The average Bonchev–Trinajstić information content (AvgIpc) is 2.79. The lowest BCUT2D eigenvalue weighted by Gasteiger charge is -2.11. The predicted octanol–water partition coefficient (Wildman–Crippen LogP) is 4.01. The number of carbonyl (C=O) groups is 2. The topological polar surface area (TPSA) is 89.5 Å². The summed E-state index contributed by atoms with van der Waals surface area (Å²) in [6.45, 7) is 0.190. The lowest BCUT2D eigenvalue weighted by atomic mass is 10.2. The SMILES string of the molecule is COc1ccc(NC(=O)CSCC(=O)NCc2cccnc2Oc2cccc(F)c2)cc1. The van der Waals surface area contributed by atoms with Gasteiger partial charge in [-0.15, -0.1) is 11.8 Å². The van der Waals surface area contributed by atoms with Crippen molar-refractivity contribution in [1.29, 1.82) is 0 Å². The van der Waals surface area contributed by atoms with Crippen molar-refractivity contribution in [3.05, 3.63) is 78.2 Å². The van der Waals surface area contributed by atoms with E-state index in [4.69, 9.17) is 9.47 Å². The van der Waals surface area contributed by atoms with Gasteiger partial charge < -0.3 is 20.1 Å². The molecular formula is C23H22FN3O4S. The van der Waals surface area contributed by atoms with Crippen LogP contribution in [0.2, 0.25) is 0 Å². The van der Waals surface area contributed by atoms with E-state index in [0.717, 1.165) is 0 Å². The number of nitrogens with zero attached hydrogens (tertiary/aromatic N) is 1. The van der Waals surface area contributed by atoms with E-state index in [1.807, 2.05) is 0 Å². The third kappa shape index (κ3) is 7.28. The largest absolute Gasteiger partial charge is 0.497 e. The molecule has 1 aromatic heterocycles. The summed E-state index contributed by atoms with van der Waals surface area (Å²) < 4.78 is 24.1. The van der Waals surface area contributed by atoms with Crippen molar-refractivity contribution in [2.24, 2.45) is 0 Å². The van der Waals surface area contributed by atoms with E-state index >= 15 is 0 Å². The Kier molecular flexibility index (Phi) is 8.44. The number of carbonyl (C=O) groups excluding carboxylic acids is 2. The molecule has 166 valence electrons. The summed E-state index contributed by atoms with van der Waals surface area (Å²) in [5, 5.41) is 5.53. The highest BCUT2D eigenvalue weighted by atomic mass is 32.2. The number of halogens is 1. The third-order valence-electron chi connectivity index (χ3n) is 4.18. The molecule has 0 spiro atoms. The molecule has 0 saturated heterocycles. The second kappa shape index (κ2) is 11.7. The maximum atomic E-state index is 13.4. The van der Waals surface area contributed by atoms with Gasteiger partial charge in [0.2, 0.25) is 17.7 Å². The molecule has 2 amide bonds. The smallest absolute Gasteiger partial charge is 0.234 e. The van der Waals surface area contributed by atoms with E-state index < -0.39 is 5.82 Å². The Balaban J connectivity index is 1.42. The van der Waals surface area contributed by atoms with Gasteiger partial charge in [0, 0.05) is 30.1 Å². The Labute approximate surface area is 189 Å². The van der Waals surface area contributed by atoms with Gasteiger partial charge in [-0.1, -0.05) is 12.1 Å². The molecule has 0 aliphatic carbocycles. The Bertz CT molecular complexity index is 1060. The summed E-state index contributed by atoms with van der Waals surface area (Å²) in [5.41, 5.74) is 1.30. The minimum absolute atomic E-state index is 0.121. The Morgan fingerprint density at radius 3 is 2.53 bits per heavy atom.